The van der Waals surface area contributed by atoms with Gasteiger partial charge in [0.05, 0.1) is 5.39 Å². The quantitative estimate of drug-likeness (QED) is 0.764. The Bertz CT molecular complexity index is 474. The van der Waals surface area contributed by atoms with E-state index in [0.717, 1.165) is 12.1 Å². The number of aliphatic hydroxyl groups excluding tert-OH is 1. The Labute approximate surface area is 78.8 Å². The Kier molecular flexibility index (Phi) is 2.00. The third-order valence-corrected chi connectivity index (χ3v) is 1.98. The molecule has 0 amide bonds. The van der Waals surface area contributed by atoms with Crippen LogP contribution in [0.2, 0.25) is 0 Å². The van der Waals surface area contributed by atoms with E-state index < -0.39 is 17.7 Å². The summed E-state index contributed by atoms with van der Waals surface area (Å²) in [5, 5.41) is 9.36. The van der Waals surface area contributed by atoms with Crippen LogP contribution in [0.1, 0.15) is 18.8 Å². The molecule has 0 spiro atoms. The van der Waals surface area contributed by atoms with Gasteiger partial charge in [-0.2, -0.15) is 0 Å². The van der Waals surface area contributed by atoms with Crippen LogP contribution >= 0.6 is 0 Å². The van der Waals surface area contributed by atoms with E-state index in [1.165, 1.54) is 13.0 Å². The van der Waals surface area contributed by atoms with Gasteiger partial charge in [0.2, 0.25) is 0 Å². The lowest BCUT2D eigenvalue weighted by Crippen LogP contribution is -1.85. The standard InChI is InChI=1S/C10H8F2O2/c1-5(13)9-4-7-8(12)2-6(11)3-10(7)14-9/h2-5,13H,1H3. The predicted molar refractivity (Wildman–Crippen MR) is 46.8 cm³/mol. The fourth-order valence-electron chi connectivity index (χ4n) is 1.29. The van der Waals surface area contributed by atoms with Crippen molar-refractivity contribution in [3.63, 3.8) is 0 Å². The highest BCUT2D eigenvalue weighted by molar-refractivity contribution is 5.78. The van der Waals surface area contributed by atoms with E-state index in [1.54, 1.807) is 0 Å². The average Bonchev–Trinajstić information content (AvgIpc) is 2.47. The summed E-state index contributed by atoms with van der Waals surface area (Å²) in [6.07, 6.45) is -0.829. The Balaban J connectivity index is 2.70. The minimum Gasteiger partial charge on any atom is -0.458 e. The van der Waals surface area contributed by atoms with Crippen molar-refractivity contribution in [2.24, 2.45) is 0 Å². The van der Waals surface area contributed by atoms with Crippen molar-refractivity contribution in [3.05, 3.63) is 35.6 Å². The lowest BCUT2D eigenvalue weighted by molar-refractivity contribution is 0.172. The molecule has 2 rings (SSSR count). The maximum Gasteiger partial charge on any atom is 0.140 e. The molecule has 2 nitrogen and oxygen atoms in total. The van der Waals surface area contributed by atoms with Gasteiger partial charge in [-0.15, -0.1) is 0 Å². The van der Waals surface area contributed by atoms with Gasteiger partial charge in [-0.25, -0.2) is 8.78 Å². The molecule has 0 radical (unpaired) electrons. The number of hydrogen-bond acceptors (Lipinski definition) is 2. The highest BCUT2D eigenvalue weighted by atomic mass is 19.1. The molecular weight excluding hydrogens is 190 g/mol. The van der Waals surface area contributed by atoms with Gasteiger partial charge in [-0.05, 0) is 13.0 Å². The van der Waals surface area contributed by atoms with Crippen molar-refractivity contribution >= 4 is 11.0 Å². The van der Waals surface area contributed by atoms with Crippen molar-refractivity contribution in [1.29, 1.82) is 0 Å². The van der Waals surface area contributed by atoms with Crippen LogP contribution in [0.5, 0.6) is 0 Å². The fraction of sp³-hybridized carbons (Fsp3) is 0.200. The minimum absolute atomic E-state index is 0.110. The summed E-state index contributed by atoms with van der Waals surface area (Å²) in [5.74, 6) is -1.15. The zero-order chi connectivity index (χ0) is 10.3. The number of rotatable bonds is 1. The average molecular weight is 198 g/mol. The predicted octanol–water partition coefficient (Wildman–Crippen LogP) is 2.76. The largest absolute Gasteiger partial charge is 0.458 e. The number of hydrogen-bond donors (Lipinski definition) is 1. The first-order chi connectivity index (χ1) is 6.58. The summed E-state index contributed by atoms with van der Waals surface area (Å²) in [6.45, 7) is 1.49. The highest BCUT2D eigenvalue weighted by Gasteiger charge is 2.12. The second kappa shape index (κ2) is 3.06. The van der Waals surface area contributed by atoms with Gasteiger partial charge in [0.1, 0.15) is 29.1 Å². The lowest BCUT2D eigenvalue weighted by Gasteiger charge is -1.95. The summed E-state index contributed by atoms with van der Waals surface area (Å²) in [6, 6.07) is 3.24. The molecule has 0 aliphatic rings. The molecule has 0 aliphatic carbocycles. The smallest absolute Gasteiger partial charge is 0.140 e. The Morgan fingerprint density at radius 2 is 2.00 bits per heavy atom. The third-order valence-electron chi connectivity index (χ3n) is 1.98. The molecule has 1 aromatic carbocycles. The highest BCUT2D eigenvalue weighted by Crippen LogP contribution is 2.26. The van der Waals surface area contributed by atoms with Crippen molar-refractivity contribution in [3.8, 4) is 0 Å². The molecule has 74 valence electrons. The van der Waals surface area contributed by atoms with Gasteiger partial charge < -0.3 is 9.52 Å². The summed E-state index contributed by atoms with van der Waals surface area (Å²) in [5.41, 5.74) is 0.110. The van der Waals surface area contributed by atoms with E-state index in [0.29, 0.717) is 0 Å². The second-order valence-electron chi connectivity index (χ2n) is 3.12. The SMILES string of the molecule is CC(O)c1cc2c(F)cc(F)cc2o1. The van der Waals surface area contributed by atoms with Gasteiger partial charge in [0.25, 0.3) is 0 Å². The van der Waals surface area contributed by atoms with Gasteiger partial charge >= 0.3 is 0 Å². The molecule has 1 unspecified atom stereocenters. The third kappa shape index (κ3) is 1.37. The monoisotopic (exact) mass is 198 g/mol. The topological polar surface area (TPSA) is 33.4 Å². The first-order valence-electron chi connectivity index (χ1n) is 4.14. The summed E-state index contributed by atoms with van der Waals surface area (Å²) < 4.78 is 30.9. The number of benzene rings is 1. The van der Waals surface area contributed by atoms with Crippen LogP contribution in [-0.4, -0.2) is 5.11 Å². The lowest BCUT2D eigenvalue weighted by atomic mass is 10.2. The molecule has 0 aliphatic heterocycles. The van der Waals surface area contributed by atoms with Gasteiger partial charge in [-0.3, -0.25) is 0 Å². The normalized spacial score (nSPS) is 13.4. The Hall–Kier alpha value is -1.42. The van der Waals surface area contributed by atoms with E-state index in [-0.39, 0.29) is 16.7 Å². The Morgan fingerprint density at radius 1 is 1.29 bits per heavy atom. The van der Waals surface area contributed by atoms with Crippen LogP contribution in [0.15, 0.2) is 22.6 Å². The maximum atomic E-state index is 13.1. The van der Waals surface area contributed by atoms with Crippen molar-refractivity contribution < 1.29 is 18.3 Å². The van der Waals surface area contributed by atoms with Crippen molar-refractivity contribution in [1.82, 2.24) is 0 Å². The molecule has 0 saturated heterocycles. The molecule has 4 heteroatoms. The van der Waals surface area contributed by atoms with Crippen LogP contribution in [0, 0.1) is 11.6 Å². The van der Waals surface area contributed by atoms with E-state index in [4.69, 9.17) is 4.42 Å². The summed E-state index contributed by atoms with van der Waals surface area (Å²) >= 11 is 0. The zero-order valence-electron chi connectivity index (χ0n) is 7.42. The molecule has 1 atom stereocenters. The van der Waals surface area contributed by atoms with E-state index >= 15 is 0 Å². The number of halogens is 2. The van der Waals surface area contributed by atoms with Crippen molar-refractivity contribution in [2.45, 2.75) is 13.0 Å². The molecular formula is C10H8F2O2. The van der Waals surface area contributed by atoms with Gasteiger partial charge in [0.15, 0.2) is 0 Å². The number of aliphatic hydroxyl groups is 1. The van der Waals surface area contributed by atoms with Crippen LogP contribution in [0.25, 0.3) is 11.0 Å². The molecule has 0 fully saturated rings. The maximum absolute atomic E-state index is 13.1. The summed E-state index contributed by atoms with van der Waals surface area (Å²) in [7, 11) is 0. The van der Waals surface area contributed by atoms with Crippen LogP contribution < -0.4 is 0 Å². The molecule has 14 heavy (non-hydrogen) atoms. The number of fused-ring (bicyclic) bond motifs is 1. The first-order valence-corrected chi connectivity index (χ1v) is 4.14. The molecule has 1 N–H and O–H groups in total. The second-order valence-corrected chi connectivity index (χ2v) is 3.12. The van der Waals surface area contributed by atoms with Crippen molar-refractivity contribution in [2.75, 3.05) is 0 Å². The molecule has 1 aromatic heterocycles. The molecule has 1 heterocycles. The minimum atomic E-state index is -0.829. The van der Waals surface area contributed by atoms with Crippen LogP contribution in [-0.2, 0) is 0 Å². The van der Waals surface area contributed by atoms with E-state index in [9.17, 15) is 13.9 Å². The van der Waals surface area contributed by atoms with Gasteiger partial charge in [0, 0.05) is 12.1 Å². The van der Waals surface area contributed by atoms with Gasteiger partial charge in [-0.1, -0.05) is 0 Å². The first kappa shape index (κ1) is 9.15. The Morgan fingerprint density at radius 3 is 2.64 bits per heavy atom. The van der Waals surface area contributed by atoms with E-state index in [1.807, 2.05) is 0 Å². The van der Waals surface area contributed by atoms with Crippen LogP contribution in [0.4, 0.5) is 8.78 Å². The molecule has 0 bridgehead atoms. The number of furan rings is 1. The van der Waals surface area contributed by atoms with E-state index in [2.05, 4.69) is 0 Å². The summed E-state index contributed by atoms with van der Waals surface area (Å²) in [4.78, 5) is 0. The molecule has 2 aromatic rings. The van der Waals surface area contributed by atoms with Crippen LogP contribution in [0.3, 0.4) is 0 Å². The zero-order valence-corrected chi connectivity index (χ0v) is 7.42. The molecule has 0 saturated carbocycles. The fourth-order valence-corrected chi connectivity index (χ4v) is 1.29.